The van der Waals surface area contributed by atoms with Crippen LogP contribution in [-0.4, -0.2) is 11.9 Å². The van der Waals surface area contributed by atoms with Crippen LogP contribution in [0.3, 0.4) is 0 Å². The highest BCUT2D eigenvalue weighted by atomic mass is 35.5. The SMILES string of the molecule is O=C(c1ccccc1OCc1ccccc1)[C@@H]1O[C@@H]1c1cccc(Cl)c1. The first kappa shape index (κ1) is 16.8. The minimum atomic E-state index is -0.491. The first-order chi connectivity index (χ1) is 12.7. The van der Waals surface area contributed by atoms with Gasteiger partial charge in [0.2, 0.25) is 0 Å². The van der Waals surface area contributed by atoms with Crippen LogP contribution in [0.25, 0.3) is 0 Å². The molecule has 0 spiro atoms. The minimum Gasteiger partial charge on any atom is -0.488 e. The maximum absolute atomic E-state index is 12.9. The van der Waals surface area contributed by atoms with Crippen LogP contribution in [0.15, 0.2) is 78.9 Å². The highest BCUT2D eigenvalue weighted by molar-refractivity contribution is 6.30. The number of hydrogen-bond donors (Lipinski definition) is 0. The molecule has 1 fully saturated rings. The van der Waals surface area contributed by atoms with Crippen molar-refractivity contribution in [1.82, 2.24) is 0 Å². The molecular weight excluding hydrogens is 348 g/mol. The molecule has 4 heteroatoms. The van der Waals surface area contributed by atoms with Gasteiger partial charge in [0.15, 0.2) is 11.9 Å². The molecule has 3 nitrogen and oxygen atoms in total. The molecule has 0 saturated carbocycles. The van der Waals surface area contributed by atoms with Gasteiger partial charge in [-0.3, -0.25) is 4.79 Å². The van der Waals surface area contributed by atoms with Crippen LogP contribution >= 0.6 is 11.6 Å². The first-order valence-electron chi connectivity index (χ1n) is 8.43. The molecule has 1 aliphatic rings. The van der Waals surface area contributed by atoms with Crippen molar-refractivity contribution in [3.8, 4) is 5.75 Å². The fourth-order valence-corrected chi connectivity index (χ4v) is 3.13. The van der Waals surface area contributed by atoms with Crippen molar-refractivity contribution >= 4 is 17.4 Å². The topological polar surface area (TPSA) is 38.8 Å². The maximum Gasteiger partial charge on any atom is 0.198 e. The smallest absolute Gasteiger partial charge is 0.198 e. The quantitative estimate of drug-likeness (QED) is 0.443. The van der Waals surface area contributed by atoms with Gasteiger partial charge in [0.25, 0.3) is 0 Å². The van der Waals surface area contributed by atoms with Gasteiger partial charge >= 0.3 is 0 Å². The number of ketones is 1. The number of benzene rings is 3. The van der Waals surface area contributed by atoms with E-state index >= 15 is 0 Å². The summed E-state index contributed by atoms with van der Waals surface area (Å²) in [5.41, 5.74) is 2.51. The highest BCUT2D eigenvalue weighted by Gasteiger charge is 2.46. The molecular formula is C22H17ClO3. The Morgan fingerprint density at radius 3 is 2.54 bits per heavy atom. The Bertz CT molecular complexity index is 923. The maximum atomic E-state index is 12.9. The second kappa shape index (κ2) is 7.32. The number of epoxide rings is 1. The van der Waals surface area contributed by atoms with Gasteiger partial charge in [-0.05, 0) is 35.4 Å². The van der Waals surface area contributed by atoms with Crippen molar-refractivity contribution in [2.24, 2.45) is 0 Å². The number of halogens is 1. The molecule has 0 amide bonds. The predicted octanol–water partition coefficient (Wildman–Crippen LogP) is 5.24. The molecule has 0 unspecified atom stereocenters. The summed E-state index contributed by atoms with van der Waals surface area (Å²) in [4.78, 5) is 12.9. The van der Waals surface area contributed by atoms with Crippen LogP contribution in [0.2, 0.25) is 5.02 Å². The van der Waals surface area contributed by atoms with E-state index in [1.165, 1.54) is 0 Å². The lowest BCUT2D eigenvalue weighted by molar-refractivity contribution is 0.0949. The van der Waals surface area contributed by atoms with Gasteiger partial charge in [-0.1, -0.05) is 66.2 Å². The van der Waals surface area contributed by atoms with Crippen molar-refractivity contribution in [3.05, 3.63) is 101 Å². The molecule has 0 bridgehead atoms. The number of ether oxygens (including phenoxy) is 2. The second-order valence-electron chi connectivity index (χ2n) is 6.17. The Morgan fingerprint density at radius 1 is 0.962 bits per heavy atom. The number of para-hydroxylation sites is 1. The molecule has 2 atom stereocenters. The molecule has 3 aromatic carbocycles. The Labute approximate surface area is 157 Å². The summed E-state index contributed by atoms with van der Waals surface area (Å²) in [6, 6.07) is 24.6. The number of carbonyl (C=O) groups is 1. The average molecular weight is 365 g/mol. The molecule has 1 saturated heterocycles. The van der Waals surface area contributed by atoms with E-state index in [2.05, 4.69) is 0 Å². The summed E-state index contributed by atoms with van der Waals surface area (Å²) in [5.74, 6) is 0.500. The van der Waals surface area contributed by atoms with Gasteiger partial charge in [-0.2, -0.15) is 0 Å². The Kier molecular flexibility index (Phi) is 4.74. The van der Waals surface area contributed by atoms with Crippen LogP contribution in [0.1, 0.15) is 27.6 Å². The Hall–Kier alpha value is -2.62. The summed E-state index contributed by atoms with van der Waals surface area (Å²) >= 11 is 6.03. The van der Waals surface area contributed by atoms with E-state index in [0.717, 1.165) is 11.1 Å². The zero-order valence-electron chi connectivity index (χ0n) is 14.0. The Balaban J connectivity index is 1.49. The molecule has 0 radical (unpaired) electrons. The zero-order valence-corrected chi connectivity index (χ0v) is 14.7. The van der Waals surface area contributed by atoms with E-state index in [4.69, 9.17) is 21.1 Å². The van der Waals surface area contributed by atoms with Crippen LogP contribution in [0.4, 0.5) is 0 Å². The van der Waals surface area contributed by atoms with Crippen molar-refractivity contribution < 1.29 is 14.3 Å². The fraction of sp³-hybridized carbons (Fsp3) is 0.136. The number of Topliss-reactive ketones (excluding diaryl/α,β-unsaturated/α-hetero) is 1. The number of carbonyl (C=O) groups excluding carboxylic acids is 1. The van der Waals surface area contributed by atoms with Crippen LogP contribution in [-0.2, 0) is 11.3 Å². The summed E-state index contributed by atoms with van der Waals surface area (Å²) in [5, 5.41) is 0.635. The van der Waals surface area contributed by atoms with Gasteiger partial charge in [-0.25, -0.2) is 0 Å². The van der Waals surface area contributed by atoms with Gasteiger partial charge < -0.3 is 9.47 Å². The zero-order chi connectivity index (χ0) is 17.9. The lowest BCUT2D eigenvalue weighted by Crippen LogP contribution is -2.10. The molecule has 3 aromatic rings. The van der Waals surface area contributed by atoms with Crippen LogP contribution < -0.4 is 4.74 Å². The van der Waals surface area contributed by atoms with Crippen LogP contribution in [0, 0.1) is 0 Å². The highest BCUT2D eigenvalue weighted by Crippen LogP contribution is 2.42. The minimum absolute atomic E-state index is 0.0707. The average Bonchev–Trinajstić information content (AvgIpc) is 3.48. The standard InChI is InChI=1S/C22H17ClO3/c23-17-10-6-9-16(13-17)21-22(26-21)20(24)18-11-4-5-12-19(18)25-14-15-7-2-1-3-8-15/h1-13,21-22H,14H2/t21-,22+/m1/s1. The molecule has 26 heavy (non-hydrogen) atoms. The van der Waals surface area contributed by atoms with Crippen molar-refractivity contribution in [3.63, 3.8) is 0 Å². The second-order valence-corrected chi connectivity index (χ2v) is 6.60. The summed E-state index contributed by atoms with van der Waals surface area (Å²) in [7, 11) is 0. The lowest BCUT2D eigenvalue weighted by Gasteiger charge is -2.10. The Morgan fingerprint density at radius 2 is 1.73 bits per heavy atom. The first-order valence-corrected chi connectivity index (χ1v) is 8.81. The summed E-state index contributed by atoms with van der Waals surface area (Å²) in [6.45, 7) is 0.411. The summed E-state index contributed by atoms with van der Waals surface area (Å²) in [6.07, 6.45) is -0.738. The molecule has 0 aliphatic carbocycles. The van der Waals surface area contributed by atoms with Gasteiger partial charge in [0.1, 0.15) is 18.5 Å². The monoisotopic (exact) mass is 364 g/mol. The van der Waals surface area contributed by atoms with Crippen molar-refractivity contribution in [2.45, 2.75) is 18.8 Å². The van der Waals surface area contributed by atoms with E-state index < -0.39 is 6.10 Å². The molecule has 1 heterocycles. The number of rotatable bonds is 6. The predicted molar refractivity (Wildman–Crippen MR) is 101 cm³/mol. The lowest BCUT2D eigenvalue weighted by atomic mass is 10.0. The molecule has 0 aromatic heterocycles. The fourth-order valence-electron chi connectivity index (χ4n) is 2.93. The van der Waals surface area contributed by atoms with Crippen LogP contribution in [0.5, 0.6) is 5.75 Å². The normalized spacial score (nSPS) is 18.3. The molecule has 4 rings (SSSR count). The van der Waals surface area contributed by atoms with E-state index in [1.807, 2.05) is 66.7 Å². The third-order valence-electron chi connectivity index (χ3n) is 4.32. The summed E-state index contributed by atoms with van der Waals surface area (Å²) < 4.78 is 11.5. The molecule has 1 aliphatic heterocycles. The van der Waals surface area contributed by atoms with Crippen molar-refractivity contribution in [2.75, 3.05) is 0 Å². The van der Waals surface area contributed by atoms with Gasteiger partial charge in [0.05, 0.1) is 5.56 Å². The number of hydrogen-bond acceptors (Lipinski definition) is 3. The third-order valence-corrected chi connectivity index (χ3v) is 4.55. The third kappa shape index (κ3) is 3.64. The van der Waals surface area contributed by atoms with E-state index in [1.54, 1.807) is 12.1 Å². The molecule has 130 valence electrons. The van der Waals surface area contributed by atoms with Gasteiger partial charge in [-0.15, -0.1) is 0 Å². The van der Waals surface area contributed by atoms with E-state index in [-0.39, 0.29) is 11.9 Å². The van der Waals surface area contributed by atoms with E-state index in [9.17, 15) is 4.79 Å². The van der Waals surface area contributed by atoms with Crippen molar-refractivity contribution in [1.29, 1.82) is 0 Å². The largest absolute Gasteiger partial charge is 0.488 e. The van der Waals surface area contributed by atoms with E-state index in [0.29, 0.717) is 22.9 Å². The van der Waals surface area contributed by atoms with Gasteiger partial charge in [0, 0.05) is 5.02 Å². The molecule has 0 N–H and O–H groups in total.